The van der Waals surface area contributed by atoms with Gasteiger partial charge in [0.05, 0.1) is 18.3 Å². The van der Waals surface area contributed by atoms with E-state index >= 15 is 0 Å². The number of halogens is 1. The molecule has 0 atom stereocenters. The number of para-hydroxylation sites is 1. The highest BCUT2D eigenvalue weighted by atomic mass is 35.5. The molecule has 0 saturated heterocycles. The van der Waals surface area contributed by atoms with Gasteiger partial charge in [0.2, 0.25) is 5.28 Å². The van der Waals surface area contributed by atoms with E-state index in [2.05, 4.69) is 38.9 Å². The Balaban J connectivity index is 0.00000109. The molecular weight excluding hydrogens is 326 g/mol. The van der Waals surface area contributed by atoms with Crippen molar-refractivity contribution in [1.29, 1.82) is 0 Å². The summed E-state index contributed by atoms with van der Waals surface area (Å²) in [5, 5.41) is 1.40. The van der Waals surface area contributed by atoms with Crippen LogP contribution < -0.4 is 4.74 Å². The molecule has 1 aromatic carbocycles. The Bertz CT molecular complexity index is 917. The highest BCUT2D eigenvalue weighted by molar-refractivity contribution is 6.28. The zero-order chi connectivity index (χ0) is 24.5. The van der Waals surface area contributed by atoms with Crippen molar-refractivity contribution < 1.29 is 21.4 Å². The van der Waals surface area contributed by atoms with Crippen molar-refractivity contribution in [3.63, 3.8) is 0 Å². The molecule has 6 heteroatoms. The van der Waals surface area contributed by atoms with Gasteiger partial charge in [0.1, 0.15) is 12.3 Å². The van der Waals surface area contributed by atoms with Crippen LogP contribution in [0.5, 0.6) is 5.75 Å². The van der Waals surface area contributed by atoms with E-state index in [9.17, 15) is 0 Å². The fraction of sp³-hybridized carbons (Fsp3) is 0.333. The summed E-state index contributed by atoms with van der Waals surface area (Å²) in [6, 6.07) is 6.43. The lowest BCUT2D eigenvalue weighted by Crippen LogP contribution is -2.06. The van der Waals surface area contributed by atoms with Gasteiger partial charge in [0.15, 0.2) is 5.75 Å². The van der Waals surface area contributed by atoms with Crippen LogP contribution >= 0.6 is 11.6 Å². The quantitative estimate of drug-likeness (QED) is 0.489. The van der Waals surface area contributed by atoms with Crippen LogP contribution in [0.2, 0.25) is 5.28 Å². The van der Waals surface area contributed by atoms with Crippen LogP contribution in [0.1, 0.15) is 23.9 Å². The molecule has 0 aliphatic carbocycles. The SMILES string of the molecule is COCCOc1cnc(Cl)nc1-c1cn2c3c(cccc13)CCC2.[2H][2H].[2H][2H].[2H][2H].[2H][2H]. The van der Waals surface area contributed by atoms with E-state index in [1.54, 1.807) is 13.3 Å². The zero-order valence-corrected chi connectivity index (χ0v) is 14.2. The summed E-state index contributed by atoms with van der Waals surface area (Å²) in [6.07, 6.45) is 6.05. The second kappa shape index (κ2) is 6.42. The second-order valence-electron chi connectivity index (χ2n) is 5.85. The van der Waals surface area contributed by atoms with E-state index in [4.69, 9.17) is 33.0 Å². The topological polar surface area (TPSA) is 49.2 Å². The van der Waals surface area contributed by atoms with Gasteiger partial charge >= 0.3 is 0 Å². The number of rotatable bonds is 5. The van der Waals surface area contributed by atoms with E-state index in [0.717, 1.165) is 30.6 Å². The Hall–Kier alpha value is -2.11. The van der Waals surface area contributed by atoms with Crippen LogP contribution in [0.15, 0.2) is 30.6 Å². The van der Waals surface area contributed by atoms with Crippen LogP contribution in [0.3, 0.4) is 0 Å². The summed E-state index contributed by atoms with van der Waals surface area (Å²) >= 11 is 6.05. The van der Waals surface area contributed by atoms with E-state index in [1.807, 2.05) is 0 Å². The number of ether oxygens (including phenoxy) is 2. The number of aromatic nitrogens is 3. The average molecular weight is 360 g/mol. The lowest BCUT2D eigenvalue weighted by Gasteiger charge is -2.14. The molecule has 0 fully saturated rings. The lowest BCUT2D eigenvalue weighted by molar-refractivity contribution is 0.146. The third-order valence-electron chi connectivity index (χ3n) is 4.35. The van der Waals surface area contributed by atoms with Crippen molar-refractivity contribution in [3.8, 4) is 17.0 Å². The third kappa shape index (κ3) is 2.64. The van der Waals surface area contributed by atoms with E-state index in [1.165, 1.54) is 16.5 Å². The fourth-order valence-electron chi connectivity index (χ4n) is 3.33. The standard InChI is InChI=1S/C18H18ClN3O2.4H2/c1-23-8-9-24-15-10-20-18(19)21-16(15)14-11-22-7-3-5-12-4-2-6-13(14)17(12)22;;;;/h2,4,6,10-11H,3,5,7-9H2,1H3;4*1H/i;4*1+1D. The molecule has 0 radical (unpaired) electrons. The maximum Gasteiger partial charge on any atom is 0.223 e. The molecule has 0 amide bonds. The first-order chi connectivity index (χ1) is 15.8. The Morgan fingerprint density at radius 3 is 3.17 bits per heavy atom. The summed E-state index contributed by atoms with van der Waals surface area (Å²) in [6.45, 7) is 1.97. The molecular formula is C18H26ClN3O2. The maximum absolute atomic E-state index is 6.05. The zero-order valence-electron chi connectivity index (χ0n) is 21.5. The normalized spacial score (nSPS) is 14.8. The molecule has 3 aromatic rings. The Morgan fingerprint density at radius 1 is 1.38 bits per heavy atom. The van der Waals surface area contributed by atoms with Gasteiger partial charge in [0.25, 0.3) is 0 Å². The van der Waals surface area contributed by atoms with Gasteiger partial charge < -0.3 is 14.0 Å². The van der Waals surface area contributed by atoms with Crippen molar-refractivity contribution in [1.82, 2.24) is 14.5 Å². The minimum atomic E-state index is 0.219. The molecule has 0 bridgehead atoms. The highest BCUT2D eigenvalue weighted by Crippen LogP contribution is 2.38. The van der Waals surface area contributed by atoms with Crippen molar-refractivity contribution in [2.75, 3.05) is 20.3 Å². The Labute approximate surface area is 157 Å². The van der Waals surface area contributed by atoms with Gasteiger partial charge in [-0.2, -0.15) is 0 Å². The first kappa shape index (κ1) is 11.4. The van der Waals surface area contributed by atoms with E-state index in [-0.39, 0.29) is 5.28 Å². The molecule has 24 heavy (non-hydrogen) atoms. The fourth-order valence-corrected chi connectivity index (χ4v) is 3.46. The van der Waals surface area contributed by atoms with Gasteiger partial charge in [0, 0.05) is 42.7 Å². The third-order valence-corrected chi connectivity index (χ3v) is 4.54. The first-order valence-electron chi connectivity index (χ1n) is 12.0. The van der Waals surface area contributed by atoms with Gasteiger partial charge in [-0.05, 0) is 30.0 Å². The van der Waals surface area contributed by atoms with Gasteiger partial charge in [-0.25, -0.2) is 9.97 Å². The molecule has 132 valence electrons. The largest absolute Gasteiger partial charge is 0.487 e. The molecule has 3 heterocycles. The number of hydrogen-bond donors (Lipinski definition) is 0. The predicted octanol–water partition coefficient (Wildman–Crippen LogP) is 4.71. The number of benzene rings is 1. The summed E-state index contributed by atoms with van der Waals surface area (Å²) in [5.74, 6) is 0.625. The van der Waals surface area contributed by atoms with Crippen molar-refractivity contribution >= 4 is 22.5 Å². The minimum Gasteiger partial charge on any atom is -0.487 e. The molecule has 0 saturated carbocycles. The highest BCUT2D eigenvalue weighted by Gasteiger charge is 2.20. The second-order valence-corrected chi connectivity index (χ2v) is 6.18. The lowest BCUT2D eigenvalue weighted by atomic mass is 10.0. The summed E-state index contributed by atoms with van der Waals surface area (Å²) in [5.41, 5.74) is 4.43. The average Bonchev–Trinajstić information content (AvgIpc) is 3.26. The number of hydrogen-bond acceptors (Lipinski definition) is 4. The van der Waals surface area contributed by atoms with Crippen molar-refractivity contribution in [3.05, 3.63) is 41.4 Å². The van der Waals surface area contributed by atoms with Crippen molar-refractivity contribution in [2.24, 2.45) is 0 Å². The van der Waals surface area contributed by atoms with Crippen molar-refractivity contribution in [2.45, 2.75) is 19.4 Å². The van der Waals surface area contributed by atoms with Crippen LogP contribution in [0, 0.1) is 0 Å². The molecule has 0 N–H and O–H groups in total. The summed E-state index contributed by atoms with van der Waals surface area (Å²) in [4.78, 5) is 8.51. The Morgan fingerprint density at radius 2 is 2.29 bits per heavy atom. The van der Waals surface area contributed by atoms with E-state index < -0.39 is 0 Å². The molecule has 0 unspecified atom stereocenters. The molecule has 0 spiro atoms. The summed E-state index contributed by atoms with van der Waals surface area (Å²) < 4.78 is 53.2. The van der Waals surface area contributed by atoms with Gasteiger partial charge in [-0.1, -0.05) is 18.2 Å². The minimum absolute atomic E-state index is 0.219. The maximum atomic E-state index is 6.05. The monoisotopic (exact) mass is 359 g/mol. The van der Waals surface area contributed by atoms with Gasteiger partial charge in [-0.15, -0.1) is 0 Å². The first-order valence-corrected chi connectivity index (χ1v) is 8.41. The van der Waals surface area contributed by atoms with Gasteiger partial charge in [-0.3, -0.25) is 0 Å². The number of nitrogens with zero attached hydrogens (tertiary/aromatic N) is 3. The molecule has 2 aromatic heterocycles. The Kier molecular flexibility index (Phi) is 3.06. The van der Waals surface area contributed by atoms with Crippen LogP contribution in [0.4, 0.5) is 0 Å². The molecule has 5 nitrogen and oxygen atoms in total. The van der Waals surface area contributed by atoms with Crippen LogP contribution in [-0.2, 0) is 17.7 Å². The number of methoxy groups -OCH3 is 1. The van der Waals surface area contributed by atoms with Crippen LogP contribution in [-0.4, -0.2) is 34.9 Å². The molecule has 4 rings (SSSR count). The molecule has 1 aliphatic heterocycles. The predicted molar refractivity (Wildman–Crippen MR) is 102 cm³/mol. The smallest absolute Gasteiger partial charge is 0.223 e. The number of aryl methyl sites for hydroxylation is 2. The summed E-state index contributed by atoms with van der Waals surface area (Å²) in [7, 11) is 1.65. The van der Waals surface area contributed by atoms with E-state index in [0.29, 0.717) is 19.0 Å². The molecule has 1 aliphatic rings. The van der Waals surface area contributed by atoms with Crippen LogP contribution in [0.25, 0.3) is 22.2 Å².